The van der Waals surface area contributed by atoms with Crippen molar-refractivity contribution in [1.29, 1.82) is 0 Å². The third kappa shape index (κ3) is 3.61. The van der Waals surface area contributed by atoms with E-state index in [0.29, 0.717) is 5.92 Å². The molecule has 27 heavy (non-hydrogen) atoms. The van der Waals surface area contributed by atoms with Gasteiger partial charge in [0, 0.05) is 0 Å². The van der Waals surface area contributed by atoms with Crippen LogP contribution in [0.5, 0.6) is 0 Å². The topological polar surface area (TPSA) is 99.4 Å². The van der Waals surface area contributed by atoms with Crippen molar-refractivity contribution in [3.05, 3.63) is 12.2 Å². The van der Waals surface area contributed by atoms with Gasteiger partial charge in [0.25, 0.3) is 0 Å². The molecular formula is C21H36O6. The van der Waals surface area contributed by atoms with Crippen molar-refractivity contribution in [3.8, 4) is 0 Å². The molecule has 3 rings (SSSR count). The molecule has 1 saturated heterocycles. The smallest absolute Gasteiger partial charge is 0.187 e. The van der Waals surface area contributed by atoms with Crippen LogP contribution in [0.3, 0.4) is 0 Å². The molecule has 0 radical (unpaired) electrons. The van der Waals surface area contributed by atoms with Crippen LogP contribution in [0.25, 0.3) is 0 Å². The van der Waals surface area contributed by atoms with Gasteiger partial charge in [0.2, 0.25) is 0 Å². The van der Waals surface area contributed by atoms with Crippen molar-refractivity contribution in [2.75, 3.05) is 0 Å². The first-order valence-corrected chi connectivity index (χ1v) is 10.2. The third-order valence-corrected chi connectivity index (χ3v) is 7.62. The van der Waals surface area contributed by atoms with Gasteiger partial charge in [-0.15, -0.1) is 0 Å². The lowest BCUT2D eigenvalue weighted by atomic mass is 9.61. The monoisotopic (exact) mass is 384 g/mol. The first kappa shape index (κ1) is 21.2. The molecule has 1 spiro atoms. The molecule has 0 amide bonds. The Labute approximate surface area is 162 Å². The maximum Gasteiger partial charge on any atom is 0.187 e. The summed E-state index contributed by atoms with van der Waals surface area (Å²) in [5.74, 6) is 0.694. The van der Waals surface area contributed by atoms with Gasteiger partial charge >= 0.3 is 0 Å². The third-order valence-electron chi connectivity index (χ3n) is 7.62. The summed E-state index contributed by atoms with van der Waals surface area (Å²) >= 11 is 0. The van der Waals surface area contributed by atoms with Crippen LogP contribution in [-0.2, 0) is 9.47 Å². The minimum Gasteiger partial charge on any atom is -0.389 e. The molecule has 6 unspecified atom stereocenters. The zero-order valence-corrected chi connectivity index (χ0v) is 17.0. The fourth-order valence-corrected chi connectivity index (χ4v) is 5.42. The van der Waals surface area contributed by atoms with Gasteiger partial charge in [0.1, 0.15) is 18.3 Å². The van der Waals surface area contributed by atoms with Crippen LogP contribution < -0.4 is 0 Å². The molecule has 156 valence electrons. The highest BCUT2D eigenvalue weighted by molar-refractivity contribution is 5.22. The molecule has 0 aromatic heterocycles. The molecule has 2 saturated carbocycles. The molecule has 4 N–H and O–H groups in total. The van der Waals surface area contributed by atoms with Crippen LogP contribution in [0.4, 0.5) is 0 Å². The fraction of sp³-hybridized carbons (Fsp3) is 0.905. The molecule has 2 aliphatic carbocycles. The summed E-state index contributed by atoms with van der Waals surface area (Å²) in [6, 6.07) is 0. The van der Waals surface area contributed by atoms with Gasteiger partial charge in [0.15, 0.2) is 6.29 Å². The van der Waals surface area contributed by atoms with Crippen LogP contribution in [0, 0.1) is 17.3 Å². The Morgan fingerprint density at radius 1 is 1.04 bits per heavy atom. The second-order valence-corrected chi connectivity index (χ2v) is 9.52. The quantitative estimate of drug-likeness (QED) is 0.553. The van der Waals surface area contributed by atoms with Gasteiger partial charge in [-0.05, 0) is 75.7 Å². The highest BCUT2D eigenvalue weighted by Gasteiger charge is 2.53. The van der Waals surface area contributed by atoms with E-state index < -0.39 is 42.4 Å². The largest absolute Gasteiger partial charge is 0.389 e. The second kappa shape index (κ2) is 7.39. The Bertz CT molecular complexity index is 563. The lowest BCUT2D eigenvalue weighted by molar-refractivity contribution is -0.322. The molecule has 0 bridgehead atoms. The van der Waals surface area contributed by atoms with Gasteiger partial charge < -0.3 is 29.9 Å². The number of aliphatic hydroxyl groups is 4. The Hall–Kier alpha value is -0.500. The summed E-state index contributed by atoms with van der Waals surface area (Å²) in [7, 11) is 0. The maximum atomic E-state index is 10.4. The predicted octanol–water partition coefficient (Wildman–Crippen LogP) is 1.74. The van der Waals surface area contributed by atoms with Crippen LogP contribution in [0.2, 0.25) is 0 Å². The first-order chi connectivity index (χ1) is 12.5. The Morgan fingerprint density at radius 2 is 1.70 bits per heavy atom. The molecule has 6 heteroatoms. The van der Waals surface area contributed by atoms with Crippen LogP contribution in [-0.4, -0.2) is 62.8 Å². The molecule has 1 aliphatic heterocycles. The number of rotatable bonds is 3. The van der Waals surface area contributed by atoms with E-state index >= 15 is 0 Å². The molecule has 0 aromatic rings. The van der Waals surface area contributed by atoms with E-state index in [2.05, 4.69) is 13.5 Å². The standard InChI is InChI=1S/C21H36O6/c1-11-6-7-15(22)12(2)21(11)9-8-14(10-21)20(4,5)27-19-18(25)17(24)16(23)13(3)26-19/h11,13-19,22-25H,2,6-10H2,1,3-5H3/t11-,13?,14?,15-,16?,17?,18?,19?,21-/m0/s1. The Kier molecular flexibility index (Phi) is 5.81. The van der Waals surface area contributed by atoms with E-state index in [-0.39, 0.29) is 11.3 Å². The average Bonchev–Trinajstić information content (AvgIpc) is 3.07. The van der Waals surface area contributed by atoms with E-state index in [9.17, 15) is 20.4 Å². The fourth-order valence-electron chi connectivity index (χ4n) is 5.42. The Morgan fingerprint density at radius 3 is 2.37 bits per heavy atom. The van der Waals surface area contributed by atoms with Gasteiger partial charge in [0.05, 0.1) is 17.8 Å². The number of ether oxygens (including phenoxy) is 2. The SMILES string of the molecule is C=C1[C@@H](O)CC[C@H](C)[C@@]12CCC(C(C)(C)OC1OC(C)C(O)C(O)C1O)C2. The predicted molar refractivity (Wildman–Crippen MR) is 101 cm³/mol. The highest BCUT2D eigenvalue weighted by atomic mass is 16.7. The van der Waals surface area contributed by atoms with Gasteiger partial charge in [-0.2, -0.15) is 0 Å². The second-order valence-electron chi connectivity index (χ2n) is 9.52. The lowest BCUT2D eigenvalue weighted by Crippen LogP contribution is -2.59. The summed E-state index contributed by atoms with van der Waals surface area (Å²) in [5.41, 5.74) is 0.317. The summed E-state index contributed by atoms with van der Waals surface area (Å²) in [4.78, 5) is 0. The molecular weight excluding hydrogens is 348 g/mol. The zero-order valence-electron chi connectivity index (χ0n) is 17.0. The summed E-state index contributed by atoms with van der Waals surface area (Å²) in [5, 5.41) is 40.6. The van der Waals surface area contributed by atoms with Crippen molar-refractivity contribution in [2.45, 2.75) is 102 Å². The first-order valence-electron chi connectivity index (χ1n) is 10.2. The van der Waals surface area contributed by atoms with E-state index in [0.717, 1.165) is 37.7 Å². The maximum absolute atomic E-state index is 10.4. The van der Waals surface area contributed by atoms with Crippen molar-refractivity contribution in [1.82, 2.24) is 0 Å². The van der Waals surface area contributed by atoms with Crippen LogP contribution >= 0.6 is 0 Å². The average molecular weight is 385 g/mol. The van der Waals surface area contributed by atoms with E-state index in [1.165, 1.54) is 0 Å². The summed E-state index contributed by atoms with van der Waals surface area (Å²) in [6.45, 7) is 12.1. The van der Waals surface area contributed by atoms with Crippen molar-refractivity contribution in [3.63, 3.8) is 0 Å². The Balaban J connectivity index is 1.72. The van der Waals surface area contributed by atoms with E-state index in [1.807, 2.05) is 13.8 Å². The lowest BCUT2D eigenvalue weighted by Gasteiger charge is -2.46. The van der Waals surface area contributed by atoms with Crippen molar-refractivity contribution >= 4 is 0 Å². The van der Waals surface area contributed by atoms with Crippen molar-refractivity contribution in [2.24, 2.45) is 17.3 Å². The minimum absolute atomic E-state index is 0.0575. The van der Waals surface area contributed by atoms with E-state index in [1.54, 1.807) is 6.92 Å². The molecule has 9 atom stereocenters. The zero-order chi connectivity index (χ0) is 20.1. The van der Waals surface area contributed by atoms with Crippen LogP contribution in [0.15, 0.2) is 12.2 Å². The number of aliphatic hydroxyl groups excluding tert-OH is 4. The number of hydrogen-bond acceptors (Lipinski definition) is 6. The van der Waals surface area contributed by atoms with Gasteiger partial charge in [-0.25, -0.2) is 0 Å². The molecule has 3 aliphatic rings. The van der Waals surface area contributed by atoms with Gasteiger partial charge in [-0.3, -0.25) is 0 Å². The molecule has 6 nitrogen and oxygen atoms in total. The highest BCUT2D eigenvalue weighted by Crippen LogP contribution is 2.58. The molecule has 3 fully saturated rings. The van der Waals surface area contributed by atoms with Crippen molar-refractivity contribution < 1.29 is 29.9 Å². The van der Waals surface area contributed by atoms with Gasteiger partial charge in [-0.1, -0.05) is 13.5 Å². The number of hydrogen-bond donors (Lipinski definition) is 4. The minimum atomic E-state index is -1.30. The molecule has 1 heterocycles. The normalized spacial score (nSPS) is 49.0. The summed E-state index contributed by atoms with van der Waals surface area (Å²) < 4.78 is 11.8. The van der Waals surface area contributed by atoms with E-state index in [4.69, 9.17) is 9.47 Å². The van der Waals surface area contributed by atoms with Crippen LogP contribution in [0.1, 0.15) is 59.8 Å². The summed E-state index contributed by atoms with van der Waals surface area (Å²) in [6.07, 6.45) is -1.15. The molecule has 0 aromatic carbocycles.